The summed E-state index contributed by atoms with van der Waals surface area (Å²) < 4.78 is 68.4. The Morgan fingerprint density at radius 1 is 0.304 bits per heavy atom. The number of rotatable bonds is 70. The van der Waals surface area contributed by atoms with Gasteiger partial charge >= 0.3 is 39.5 Å². The highest BCUT2D eigenvalue weighted by Crippen LogP contribution is 2.45. The van der Waals surface area contributed by atoms with Crippen LogP contribution < -0.4 is 0 Å². The first kappa shape index (κ1) is 90.1. The Bertz CT molecular complexity index is 1820. The van der Waals surface area contributed by atoms with Gasteiger partial charge in [-0.3, -0.25) is 37.3 Å². The minimum atomic E-state index is -4.96. The van der Waals surface area contributed by atoms with E-state index in [-0.39, 0.29) is 25.7 Å². The molecule has 0 bridgehead atoms. The minimum absolute atomic E-state index is 0.102. The summed E-state index contributed by atoms with van der Waals surface area (Å²) in [6.07, 6.45) is 46.0. The Labute approximate surface area is 562 Å². The second-order valence-electron chi connectivity index (χ2n) is 28.0. The molecule has 0 radical (unpaired) electrons. The number of unbranched alkanes of at least 4 members (excludes halogenated alkanes) is 35. The lowest BCUT2D eigenvalue weighted by Crippen LogP contribution is -2.30. The molecule has 0 saturated heterocycles. The number of esters is 4. The monoisotopic (exact) mass is 1350 g/mol. The molecule has 3 N–H and O–H groups in total. The zero-order chi connectivity index (χ0) is 68.2. The molecule has 4 unspecified atom stereocenters. The van der Waals surface area contributed by atoms with Gasteiger partial charge in [-0.15, -0.1) is 0 Å². The van der Waals surface area contributed by atoms with Gasteiger partial charge in [-0.05, 0) is 49.4 Å². The van der Waals surface area contributed by atoms with Crippen LogP contribution in [0.3, 0.4) is 0 Å². The lowest BCUT2D eigenvalue weighted by molar-refractivity contribution is -0.161. The molecule has 0 aliphatic rings. The number of hydrogen-bond donors (Lipinski definition) is 3. The molecular formula is C73H142O17P2. The fourth-order valence-corrected chi connectivity index (χ4v) is 12.6. The number of phosphoric ester groups is 2. The van der Waals surface area contributed by atoms with Crippen molar-refractivity contribution in [1.29, 1.82) is 0 Å². The smallest absolute Gasteiger partial charge is 0.462 e. The molecule has 17 nitrogen and oxygen atoms in total. The van der Waals surface area contributed by atoms with Crippen LogP contribution in [-0.2, 0) is 65.4 Å². The molecule has 0 aliphatic heterocycles. The van der Waals surface area contributed by atoms with Crippen molar-refractivity contribution in [3.63, 3.8) is 0 Å². The van der Waals surface area contributed by atoms with Crippen LogP contribution in [0.5, 0.6) is 0 Å². The van der Waals surface area contributed by atoms with Gasteiger partial charge in [0, 0.05) is 25.7 Å². The van der Waals surface area contributed by atoms with E-state index in [0.29, 0.717) is 25.7 Å². The molecular weight excluding hydrogens is 1210 g/mol. The maximum atomic E-state index is 13.1. The fraction of sp³-hybridized carbons (Fsp3) is 0.945. The quantitative estimate of drug-likeness (QED) is 0.0222. The van der Waals surface area contributed by atoms with Gasteiger partial charge in [-0.2, -0.15) is 0 Å². The average Bonchev–Trinajstić information content (AvgIpc) is 2.04. The lowest BCUT2D eigenvalue weighted by Gasteiger charge is -2.21. The molecule has 0 aromatic rings. The number of hydrogen-bond acceptors (Lipinski definition) is 15. The highest BCUT2D eigenvalue weighted by atomic mass is 31.2. The van der Waals surface area contributed by atoms with Crippen LogP contribution >= 0.6 is 15.6 Å². The van der Waals surface area contributed by atoms with E-state index in [0.717, 1.165) is 114 Å². The molecule has 0 fully saturated rings. The van der Waals surface area contributed by atoms with Gasteiger partial charge in [0.15, 0.2) is 12.2 Å². The number of carbonyl (C=O) groups excluding carboxylic acids is 4. The Morgan fingerprint density at radius 2 is 0.522 bits per heavy atom. The summed E-state index contributed by atoms with van der Waals surface area (Å²) in [5.74, 6) is 0.871. The van der Waals surface area contributed by atoms with Gasteiger partial charge in [0.25, 0.3) is 0 Å². The molecule has 0 spiro atoms. The predicted molar refractivity (Wildman–Crippen MR) is 372 cm³/mol. The van der Waals surface area contributed by atoms with Crippen LogP contribution in [0.1, 0.15) is 364 Å². The summed E-state index contributed by atoms with van der Waals surface area (Å²) >= 11 is 0. The van der Waals surface area contributed by atoms with Gasteiger partial charge in [-0.1, -0.05) is 312 Å². The molecule has 19 heteroatoms. The van der Waals surface area contributed by atoms with Crippen LogP contribution in [0.2, 0.25) is 0 Å². The average molecular weight is 1350 g/mol. The first-order chi connectivity index (χ1) is 44.1. The van der Waals surface area contributed by atoms with E-state index in [2.05, 4.69) is 55.4 Å². The molecule has 0 aromatic heterocycles. The maximum absolute atomic E-state index is 13.1. The van der Waals surface area contributed by atoms with Crippen molar-refractivity contribution >= 4 is 39.5 Å². The number of aliphatic hydroxyl groups is 1. The summed E-state index contributed by atoms with van der Waals surface area (Å²) in [7, 11) is -9.91. The number of ether oxygens (including phenoxy) is 4. The van der Waals surface area contributed by atoms with Crippen molar-refractivity contribution in [3.8, 4) is 0 Å². The predicted octanol–water partition coefficient (Wildman–Crippen LogP) is 20.9. The zero-order valence-corrected chi connectivity index (χ0v) is 62.0. The molecule has 0 heterocycles. The van der Waals surface area contributed by atoms with Crippen molar-refractivity contribution < 1.29 is 80.2 Å². The number of carbonyl (C=O) groups is 4. The van der Waals surface area contributed by atoms with E-state index in [1.807, 2.05) is 0 Å². The molecule has 0 aliphatic carbocycles. The van der Waals surface area contributed by atoms with E-state index in [1.54, 1.807) is 0 Å². The first-order valence-corrected chi connectivity index (χ1v) is 40.7. The van der Waals surface area contributed by atoms with E-state index < -0.39 is 97.5 Å². The highest BCUT2D eigenvalue weighted by molar-refractivity contribution is 7.47. The molecule has 0 aromatic carbocycles. The number of phosphoric acid groups is 2. The van der Waals surface area contributed by atoms with Gasteiger partial charge in [0.2, 0.25) is 0 Å². The number of aliphatic hydroxyl groups excluding tert-OH is 1. The van der Waals surface area contributed by atoms with Gasteiger partial charge < -0.3 is 33.8 Å². The topological polar surface area (TPSA) is 237 Å². The summed E-state index contributed by atoms with van der Waals surface area (Å²) in [4.78, 5) is 72.6. The molecule has 546 valence electrons. The molecule has 0 amide bonds. The molecule has 0 rings (SSSR count). The molecule has 0 saturated carbocycles. The van der Waals surface area contributed by atoms with Gasteiger partial charge in [-0.25, -0.2) is 9.13 Å². The van der Waals surface area contributed by atoms with Crippen molar-refractivity contribution in [2.75, 3.05) is 39.6 Å². The Balaban J connectivity index is 5.22. The van der Waals surface area contributed by atoms with E-state index in [1.165, 1.54) is 167 Å². The van der Waals surface area contributed by atoms with Crippen LogP contribution in [0.4, 0.5) is 0 Å². The van der Waals surface area contributed by atoms with Crippen molar-refractivity contribution in [2.24, 2.45) is 23.7 Å². The standard InChI is InChI=1S/C73H142O17P2/c1-9-66(8)52-44-36-31-32-40-48-56-73(78)90-69(60-84-71(76)54-46-38-29-24-23-27-35-43-51-65(6)7)62-88-92(81,82)86-58-67(74)57-85-91(79,80)87-61-68(59-83-70(75)53-45-37-28-22-18-20-26-34-42-50-64(4)5)89-72(77)55-47-39-30-21-17-15-13-11-10-12-14-16-19-25-33-41-49-63(2)3/h63-69,74H,9-62H2,1-8H3,(H,79,80)(H,81,82)/t66?,67?,68-,69-/m1/s1. The first-order valence-electron chi connectivity index (χ1n) is 37.7. The van der Waals surface area contributed by atoms with E-state index >= 15 is 0 Å². The van der Waals surface area contributed by atoms with Crippen LogP contribution in [-0.4, -0.2) is 96.7 Å². The zero-order valence-electron chi connectivity index (χ0n) is 60.2. The van der Waals surface area contributed by atoms with E-state index in [9.17, 15) is 43.2 Å². The Morgan fingerprint density at radius 3 is 0.772 bits per heavy atom. The normalized spacial score (nSPS) is 14.5. The van der Waals surface area contributed by atoms with E-state index in [4.69, 9.17) is 37.0 Å². The van der Waals surface area contributed by atoms with Crippen LogP contribution in [0.15, 0.2) is 0 Å². The Kier molecular flexibility index (Phi) is 61.3. The SMILES string of the molecule is CCC(C)CCCCCCCCC(=O)O[C@H](COC(=O)CCCCCCCCCCC(C)C)COP(=O)(O)OCC(O)COP(=O)(O)OC[C@@H](COC(=O)CCCCCCCCCCCC(C)C)OC(=O)CCCCCCCCCCCCCCCCCCC(C)C. The third-order valence-corrected chi connectivity index (χ3v) is 19.1. The molecule has 92 heavy (non-hydrogen) atoms. The van der Waals surface area contributed by atoms with Crippen LogP contribution in [0.25, 0.3) is 0 Å². The molecule has 6 atom stereocenters. The summed E-state index contributed by atoms with van der Waals surface area (Å²) in [6, 6.07) is 0. The van der Waals surface area contributed by atoms with Crippen molar-refractivity contribution in [1.82, 2.24) is 0 Å². The third kappa shape index (κ3) is 65.4. The van der Waals surface area contributed by atoms with Crippen molar-refractivity contribution in [2.45, 2.75) is 382 Å². The highest BCUT2D eigenvalue weighted by Gasteiger charge is 2.30. The van der Waals surface area contributed by atoms with Gasteiger partial charge in [0.05, 0.1) is 26.4 Å². The second kappa shape index (κ2) is 62.6. The largest absolute Gasteiger partial charge is 0.472 e. The Hall–Kier alpha value is -1.94. The third-order valence-electron chi connectivity index (χ3n) is 17.2. The summed E-state index contributed by atoms with van der Waals surface area (Å²) in [5.41, 5.74) is 0. The second-order valence-corrected chi connectivity index (χ2v) is 30.9. The lowest BCUT2D eigenvalue weighted by atomic mass is 10.00. The summed E-state index contributed by atoms with van der Waals surface area (Å²) in [5, 5.41) is 10.6. The fourth-order valence-electron chi connectivity index (χ4n) is 11.0. The van der Waals surface area contributed by atoms with Crippen molar-refractivity contribution in [3.05, 3.63) is 0 Å². The minimum Gasteiger partial charge on any atom is -0.462 e. The summed E-state index contributed by atoms with van der Waals surface area (Å²) in [6.45, 7) is 14.1. The van der Waals surface area contributed by atoms with Crippen LogP contribution in [0, 0.1) is 23.7 Å². The maximum Gasteiger partial charge on any atom is 0.472 e. The van der Waals surface area contributed by atoms with Gasteiger partial charge in [0.1, 0.15) is 19.3 Å².